The van der Waals surface area contributed by atoms with Gasteiger partial charge in [0, 0.05) is 24.4 Å². The number of hydrogen-bond donors (Lipinski definition) is 2. The molecule has 1 aromatic rings. The van der Waals surface area contributed by atoms with Crippen molar-refractivity contribution in [2.24, 2.45) is 5.84 Å². The zero-order valence-electron chi connectivity index (χ0n) is 9.74. The maximum Gasteiger partial charge on any atom is 0.0404 e. The molecule has 1 heterocycles. The SMILES string of the molecule is CC#CCCC(CCc1ccccn1)NN. The first kappa shape index (κ1) is 12.7. The number of nitrogens with zero attached hydrogens (tertiary/aromatic N) is 1. The van der Waals surface area contributed by atoms with Crippen molar-refractivity contribution in [1.82, 2.24) is 10.4 Å². The van der Waals surface area contributed by atoms with Crippen molar-refractivity contribution in [2.75, 3.05) is 0 Å². The number of hydrazine groups is 1. The first-order chi connectivity index (χ1) is 7.86. The van der Waals surface area contributed by atoms with Crippen LogP contribution in [0.1, 0.15) is 31.9 Å². The standard InChI is InChI=1S/C13H19N3/c1-2-3-4-8-13(16-14)10-9-12-7-5-6-11-15-12/h5-7,11,13,16H,4,8-10,14H2,1H3. The first-order valence-electron chi connectivity index (χ1n) is 5.62. The Morgan fingerprint density at radius 3 is 2.94 bits per heavy atom. The summed E-state index contributed by atoms with van der Waals surface area (Å²) in [5.41, 5.74) is 3.95. The predicted molar refractivity (Wildman–Crippen MR) is 66.4 cm³/mol. The van der Waals surface area contributed by atoms with E-state index >= 15 is 0 Å². The summed E-state index contributed by atoms with van der Waals surface area (Å²) in [7, 11) is 0. The summed E-state index contributed by atoms with van der Waals surface area (Å²) < 4.78 is 0. The van der Waals surface area contributed by atoms with Gasteiger partial charge in [-0.2, -0.15) is 0 Å². The van der Waals surface area contributed by atoms with E-state index in [-0.39, 0.29) is 0 Å². The molecule has 3 N–H and O–H groups in total. The molecular formula is C13H19N3. The van der Waals surface area contributed by atoms with Crippen LogP contribution in [-0.4, -0.2) is 11.0 Å². The minimum Gasteiger partial charge on any atom is -0.271 e. The van der Waals surface area contributed by atoms with Gasteiger partial charge in [-0.15, -0.1) is 11.8 Å². The maximum atomic E-state index is 5.50. The number of hydrogen-bond acceptors (Lipinski definition) is 3. The molecule has 1 rings (SSSR count). The van der Waals surface area contributed by atoms with Gasteiger partial charge in [-0.1, -0.05) is 6.07 Å². The van der Waals surface area contributed by atoms with E-state index in [0.717, 1.165) is 31.4 Å². The second-order valence-electron chi connectivity index (χ2n) is 3.69. The fourth-order valence-corrected chi connectivity index (χ4v) is 1.55. The Hall–Kier alpha value is -1.37. The van der Waals surface area contributed by atoms with Gasteiger partial charge in [0.05, 0.1) is 0 Å². The summed E-state index contributed by atoms with van der Waals surface area (Å²) in [6.07, 6.45) is 5.66. The number of pyridine rings is 1. The number of aromatic nitrogens is 1. The average molecular weight is 217 g/mol. The van der Waals surface area contributed by atoms with Crippen LogP contribution in [0.4, 0.5) is 0 Å². The summed E-state index contributed by atoms with van der Waals surface area (Å²) in [5.74, 6) is 11.4. The fraction of sp³-hybridized carbons (Fsp3) is 0.462. The quantitative estimate of drug-likeness (QED) is 0.433. The van der Waals surface area contributed by atoms with E-state index in [2.05, 4.69) is 22.3 Å². The molecule has 0 aromatic carbocycles. The third-order valence-corrected chi connectivity index (χ3v) is 2.51. The van der Waals surface area contributed by atoms with Gasteiger partial charge < -0.3 is 0 Å². The lowest BCUT2D eigenvalue weighted by atomic mass is 10.1. The van der Waals surface area contributed by atoms with Crippen LogP contribution in [-0.2, 0) is 6.42 Å². The number of nitrogens with one attached hydrogen (secondary N) is 1. The van der Waals surface area contributed by atoms with Crippen molar-refractivity contribution in [3.8, 4) is 11.8 Å². The highest BCUT2D eigenvalue weighted by Crippen LogP contribution is 2.05. The lowest BCUT2D eigenvalue weighted by Gasteiger charge is -2.13. The summed E-state index contributed by atoms with van der Waals surface area (Å²) in [6, 6.07) is 6.30. The third kappa shape index (κ3) is 4.92. The fourth-order valence-electron chi connectivity index (χ4n) is 1.55. The van der Waals surface area contributed by atoms with Gasteiger partial charge in [-0.05, 0) is 38.3 Å². The lowest BCUT2D eigenvalue weighted by molar-refractivity contribution is 0.467. The first-order valence-corrected chi connectivity index (χ1v) is 5.62. The van der Waals surface area contributed by atoms with E-state index in [9.17, 15) is 0 Å². The molecule has 1 atom stereocenters. The van der Waals surface area contributed by atoms with Gasteiger partial charge in [-0.3, -0.25) is 16.3 Å². The van der Waals surface area contributed by atoms with Gasteiger partial charge in [0.25, 0.3) is 0 Å². The van der Waals surface area contributed by atoms with E-state index in [1.54, 1.807) is 0 Å². The Balaban J connectivity index is 2.30. The van der Waals surface area contributed by atoms with Crippen molar-refractivity contribution in [1.29, 1.82) is 0 Å². The Bertz CT molecular complexity index is 337. The van der Waals surface area contributed by atoms with E-state index in [0.29, 0.717) is 6.04 Å². The molecule has 0 fully saturated rings. The Labute approximate surface area is 97.4 Å². The van der Waals surface area contributed by atoms with Gasteiger partial charge in [0.2, 0.25) is 0 Å². The normalized spacial score (nSPS) is 11.6. The minimum absolute atomic E-state index is 0.322. The van der Waals surface area contributed by atoms with Crippen LogP contribution in [0, 0.1) is 11.8 Å². The second-order valence-corrected chi connectivity index (χ2v) is 3.69. The third-order valence-electron chi connectivity index (χ3n) is 2.51. The molecule has 0 bridgehead atoms. The molecule has 86 valence electrons. The molecular weight excluding hydrogens is 198 g/mol. The maximum absolute atomic E-state index is 5.50. The molecule has 16 heavy (non-hydrogen) atoms. The molecule has 0 spiro atoms. The van der Waals surface area contributed by atoms with Crippen molar-refractivity contribution in [2.45, 2.75) is 38.6 Å². The summed E-state index contributed by atoms with van der Waals surface area (Å²) >= 11 is 0. The van der Waals surface area contributed by atoms with Crippen molar-refractivity contribution in [3.05, 3.63) is 30.1 Å². The second kappa shape index (κ2) is 7.86. The molecule has 0 saturated heterocycles. The highest BCUT2D eigenvalue weighted by atomic mass is 15.2. The average Bonchev–Trinajstić information content (AvgIpc) is 2.35. The topological polar surface area (TPSA) is 50.9 Å². The highest BCUT2D eigenvalue weighted by Gasteiger charge is 2.05. The molecule has 0 aliphatic heterocycles. The number of nitrogens with two attached hydrogens (primary N) is 1. The zero-order valence-corrected chi connectivity index (χ0v) is 9.74. The van der Waals surface area contributed by atoms with Crippen LogP contribution < -0.4 is 11.3 Å². The largest absolute Gasteiger partial charge is 0.271 e. The molecule has 0 aliphatic carbocycles. The van der Waals surface area contributed by atoms with Crippen molar-refractivity contribution >= 4 is 0 Å². The van der Waals surface area contributed by atoms with E-state index in [1.165, 1.54) is 0 Å². The van der Waals surface area contributed by atoms with E-state index in [1.807, 2.05) is 31.3 Å². The zero-order chi connectivity index (χ0) is 11.6. The highest BCUT2D eigenvalue weighted by molar-refractivity contribution is 5.04. The van der Waals surface area contributed by atoms with E-state index < -0.39 is 0 Å². The molecule has 0 aliphatic rings. The van der Waals surface area contributed by atoms with Crippen LogP contribution >= 0.6 is 0 Å². The minimum atomic E-state index is 0.322. The van der Waals surface area contributed by atoms with Crippen LogP contribution in [0.15, 0.2) is 24.4 Å². The Morgan fingerprint density at radius 1 is 1.44 bits per heavy atom. The van der Waals surface area contributed by atoms with E-state index in [4.69, 9.17) is 5.84 Å². The molecule has 0 radical (unpaired) electrons. The molecule has 1 unspecified atom stereocenters. The van der Waals surface area contributed by atoms with Crippen molar-refractivity contribution < 1.29 is 0 Å². The molecule has 0 amide bonds. The summed E-state index contributed by atoms with van der Waals surface area (Å²) in [5, 5.41) is 0. The molecule has 0 saturated carbocycles. The van der Waals surface area contributed by atoms with Crippen LogP contribution in [0.2, 0.25) is 0 Å². The Morgan fingerprint density at radius 2 is 2.31 bits per heavy atom. The predicted octanol–water partition coefficient (Wildman–Crippen LogP) is 1.65. The van der Waals surface area contributed by atoms with Crippen molar-refractivity contribution in [3.63, 3.8) is 0 Å². The lowest BCUT2D eigenvalue weighted by Crippen LogP contribution is -2.35. The van der Waals surface area contributed by atoms with Gasteiger partial charge in [0.15, 0.2) is 0 Å². The monoisotopic (exact) mass is 217 g/mol. The Kier molecular flexibility index (Phi) is 6.24. The molecule has 3 heteroatoms. The summed E-state index contributed by atoms with van der Waals surface area (Å²) in [6.45, 7) is 1.86. The van der Waals surface area contributed by atoms with Gasteiger partial charge in [-0.25, -0.2) is 0 Å². The summed E-state index contributed by atoms with van der Waals surface area (Å²) in [4.78, 5) is 4.28. The van der Waals surface area contributed by atoms with Crippen LogP contribution in [0.5, 0.6) is 0 Å². The van der Waals surface area contributed by atoms with Crippen LogP contribution in [0.25, 0.3) is 0 Å². The van der Waals surface area contributed by atoms with Gasteiger partial charge >= 0.3 is 0 Å². The smallest absolute Gasteiger partial charge is 0.0404 e. The molecule has 1 aromatic heterocycles. The number of aryl methyl sites for hydroxylation is 1. The number of rotatable bonds is 6. The van der Waals surface area contributed by atoms with Gasteiger partial charge in [0.1, 0.15) is 0 Å². The van der Waals surface area contributed by atoms with Crippen LogP contribution in [0.3, 0.4) is 0 Å². The molecule has 3 nitrogen and oxygen atoms in total.